The number of halogens is 10. The van der Waals surface area contributed by atoms with E-state index in [-0.39, 0.29) is 0 Å². The van der Waals surface area contributed by atoms with Crippen molar-refractivity contribution in [3.05, 3.63) is 12.7 Å². The maximum atomic E-state index is 12.8. The summed E-state index contributed by atoms with van der Waals surface area (Å²) >= 11 is 0. The third-order valence-electron chi connectivity index (χ3n) is 2.79. The van der Waals surface area contributed by atoms with Crippen LogP contribution in [0.5, 0.6) is 0 Å². The third-order valence-corrected chi connectivity index (χ3v) is 2.79. The van der Waals surface area contributed by atoms with E-state index in [1.54, 1.807) is 0 Å². The molecule has 0 aromatic heterocycles. The number of hydrogen-bond donors (Lipinski definition) is 3. The predicted octanol–water partition coefficient (Wildman–Crippen LogP) is 2.50. The molecule has 1 fully saturated rings. The highest BCUT2D eigenvalue weighted by Crippen LogP contribution is 2.63. The van der Waals surface area contributed by atoms with Gasteiger partial charge in [0.05, 0.1) is 6.42 Å². The van der Waals surface area contributed by atoms with Crippen LogP contribution in [0.1, 0.15) is 6.42 Å². The molecule has 0 unspecified atom stereocenters. The molecule has 14 heteroatoms. The van der Waals surface area contributed by atoms with Crippen LogP contribution in [0, 0.1) is 0 Å². The number of carboxylic acids is 1. The molecule has 1 aliphatic rings. The van der Waals surface area contributed by atoms with Gasteiger partial charge in [0.1, 0.15) is 0 Å². The minimum atomic E-state index is -7.21. The SMILES string of the molecule is C=CC(=O)O.OC1(O)CC(F)(F)C(F)(F)C(F)(F)C(F)(F)C1(F)F. The third kappa shape index (κ3) is 2.92. The van der Waals surface area contributed by atoms with Crippen LogP contribution >= 0.6 is 0 Å². The van der Waals surface area contributed by atoms with Gasteiger partial charge in [0.2, 0.25) is 5.79 Å². The highest BCUT2D eigenvalue weighted by Gasteiger charge is 2.92. The first-order valence-electron chi connectivity index (χ1n) is 5.42. The molecule has 0 aromatic rings. The van der Waals surface area contributed by atoms with Gasteiger partial charge in [-0.25, -0.2) is 4.79 Å². The molecule has 0 aromatic carbocycles. The van der Waals surface area contributed by atoms with Gasteiger partial charge in [-0.3, -0.25) is 0 Å². The normalized spacial score (nSPS) is 27.8. The number of aliphatic hydroxyl groups is 2. The molecule has 142 valence electrons. The lowest BCUT2D eigenvalue weighted by Crippen LogP contribution is -2.67. The summed E-state index contributed by atoms with van der Waals surface area (Å²) in [6.45, 7) is 2.96. The van der Waals surface area contributed by atoms with Crippen molar-refractivity contribution in [2.45, 2.75) is 41.8 Å². The molecule has 1 rings (SSSR count). The first-order chi connectivity index (χ1) is 10.2. The smallest absolute Gasteiger partial charge is 0.384 e. The van der Waals surface area contributed by atoms with Gasteiger partial charge < -0.3 is 15.3 Å². The van der Waals surface area contributed by atoms with E-state index in [0.717, 1.165) is 6.08 Å². The molecule has 4 nitrogen and oxygen atoms in total. The first kappa shape index (κ1) is 22.4. The molecule has 24 heavy (non-hydrogen) atoms. The second kappa shape index (κ2) is 5.75. The summed E-state index contributed by atoms with van der Waals surface area (Å²) in [7, 11) is 0. The molecule has 0 atom stereocenters. The van der Waals surface area contributed by atoms with Crippen LogP contribution in [0.2, 0.25) is 0 Å². The van der Waals surface area contributed by atoms with Gasteiger partial charge in [-0.05, 0) is 0 Å². The van der Waals surface area contributed by atoms with Crippen molar-refractivity contribution in [3.63, 3.8) is 0 Å². The topological polar surface area (TPSA) is 77.8 Å². The van der Waals surface area contributed by atoms with Gasteiger partial charge in [-0.1, -0.05) is 6.58 Å². The van der Waals surface area contributed by atoms with Crippen molar-refractivity contribution in [1.82, 2.24) is 0 Å². The van der Waals surface area contributed by atoms with Crippen molar-refractivity contribution in [3.8, 4) is 0 Å². The fourth-order valence-corrected chi connectivity index (χ4v) is 1.41. The zero-order valence-electron chi connectivity index (χ0n) is 11.0. The Morgan fingerprint density at radius 1 is 0.792 bits per heavy atom. The molecule has 3 N–H and O–H groups in total. The Bertz CT molecular complexity index is 478. The van der Waals surface area contributed by atoms with E-state index in [4.69, 9.17) is 15.3 Å². The minimum Gasteiger partial charge on any atom is -0.478 e. The summed E-state index contributed by atoms with van der Waals surface area (Å²) in [5.41, 5.74) is 0. The van der Waals surface area contributed by atoms with Gasteiger partial charge in [-0.2, -0.15) is 43.9 Å². The van der Waals surface area contributed by atoms with Crippen LogP contribution in [0.25, 0.3) is 0 Å². The van der Waals surface area contributed by atoms with Gasteiger partial charge in [0.15, 0.2) is 0 Å². The molecule has 0 aliphatic heterocycles. The largest absolute Gasteiger partial charge is 0.478 e. The highest BCUT2D eigenvalue weighted by atomic mass is 19.4. The summed E-state index contributed by atoms with van der Waals surface area (Å²) in [5, 5.41) is 24.4. The Morgan fingerprint density at radius 2 is 1.08 bits per heavy atom. The molecular formula is C10H8F10O4. The number of rotatable bonds is 1. The lowest BCUT2D eigenvalue weighted by molar-refractivity contribution is -0.412. The second-order valence-corrected chi connectivity index (χ2v) is 4.54. The highest BCUT2D eigenvalue weighted by molar-refractivity contribution is 5.78. The Morgan fingerprint density at radius 3 is 1.38 bits per heavy atom. The fourth-order valence-electron chi connectivity index (χ4n) is 1.41. The number of alkyl halides is 10. The van der Waals surface area contributed by atoms with Crippen molar-refractivity contribution >= 4 is 5.97 Å². The van der Waals surface area contributed by atoms with Crippen molar-refractivity contribution < 1.29 is 64.0 Å². The van der Waals surface area contributed by atoms with E-state index in [2.05, 4.69) is 6.58 Å². The maximum Gasteiger partial charge on any atom is 0.384 e. The molecule has 0 heterocycles. The van der Waals surface area contributed by atoms with Gasteiger partial charge in [0.25, 0.3) is 0 Å². The number of carboxylic acid groups (broad SMARTS) is 1. The fraction of sp³-hybridized carbons (Fsp3) is 0.700. The predicted molar refractivity (Wildman–Crippen MR) is 54.4 cm³/mol. The second-order valence-electron chi connectivity index (χ2n) is 4.54. The van der Waals surface area contributed by atoms with E-state index >= 15 is 0 Å². The average molecular weight is 382 g/mol. The van der Waals surface area contributed by atoms with Crippen molar-refractivity contribution in [2.75, 3.05) is 0 Å². The number of carbonyl (C=O) groups is 1. The Labute approximate surface area is 126 Å². The van der Waals surface area contributed by atoms with Crippen LogP contribution < -0.4 is 0 Å². The Hall–Kier alpha value is -1.57. The van der Waals surface area contributed by atoms with E-state index in [1.165, 1.54) is 0 Å². The maximum absolute atomic E-state index is 12.8. The van der Waals surface area contributed by atoms with Gasteiger partial charge in [-0.15, -0.1) is 0 Å². The quantitative estimate of drug-likeness (QED) is 0.282. The summed E-state index contributed by atoms with van der Waals surface area (Å²) < 4.78 is 127. The van der Waals surface area contributed by atoms with Crippen molar-refractivity contribution in [1.29, 1.82) is 0 Å². The summed E-state index contributed by atoms with van der Waals surface area (Å²) in [6.07, 6.45) is -2.56. The van der Waals surface area contributed by atoms with Crippen LogP contribution in [0.4, 0.5) is 43.9 Å². The van der Waals surface area contributed by atoms with Gasteiger partial charge >= 0.3 is 35.6 Å². The Balaban J connectivity index is 0.000000922. The van der Waals surface area contributed by atoms with E-state index in [1.807, 2.05) is 0 Å². The van der Waals surface area contributed by atoms with E-state index in [0.29, 0.717) is 0 Å². The monoisotopic (exact) mass is 382 g/mol. The average Bonchev–Trinajstić information content (AvgIpc) is 2.37. The minimum absolute atomic E-state index is 0.833. The Kier molecular flexibility index (Phi) is 5.38. The van der Waals surface area contributed by atoms with Crippen LogP contribution in [0.15, 0.2) is 12.7 Å². The lowest BCUT2D eigenvalue weighted by Gasteiger charge is -2.36. The van der Waals surface area contributed by atoms with Crippen LogP contribution in [-0.4, -0.2) is 56.7 Å². The van der Waals surface area contributed by atoms with Crippen molar-refractivity contribution in [2.24, 2.45) is 0 Å². The standard InChI is InChI=1S/C7H4F10O2.C3H4O2/c8-2(9)1-3(18,19)5(12,13)7(16,17)6(14,15)4(2,10)11;1-2-3(4)5/h18-19H,1H2;2H,1H2,(H,4,5). The summed E-state index contributed by atoms with van der Waals surface area (Å²) in [6, 6.07) is 0. The molecular weight excluding hydrogens is 374 g/mol. The molecule has 0 amide bonds. The molecule has 1 aliphatic carbocycles. The zero-order chi connectivity index (χ0) is 20.0. The number of hydrogen-bond acceptors (Lipinski definition) is 3. The molecule has 0 radical (unpaired) electrons. The molecule has 0 spiro atoms. The molecule has 1 saturated carbocycles. The lowest BCUT2D eigenvalue weighted by atomic mass is 9.98. The van der Waals surface area contributed by atoms with Crippen LogP contribution in [-0.2, 0) is 4.79 Å². The first-order valence-corrected chi connectivity index (χ1v) is 5.42. The van der Waals surface area contributed by atoms with E-state index < -0.39 is 47.8 Å². The van der Waals surface area contributed by atoms with E-state index in [9.17, 15) is 48.7 Å². The summed E-state index contributed by atoms with van der Waals surface area (Å²) in [4.78, 5) is 9.25. The number of aliphatic carboxylic acids is 1. The summed E-state index contributed by atoms with van der Waals surface area (Å²) in [5.74, 6) is -40.5. The van der Waals surface area contributed by atoms with Gasteiger partial charge in [0, 0.05) is 6.08 Å². The molecule has 0 bridgehead atoms. The van der Waals surface area contributed by atoms with Crippen LogP contribution in [0.3, 0.4) is 0 Å². The zero-order valence-corrected chi connectivity index (χ0v) is 11.0. The molecule has 0 saturated heterocycles.